The molecule has 1 aromatic heterocycles. The van der Waals surface area contributed by atoms with E-state index in [1.807, 2.05) is 30.9 Å². The topological polar surface area (TPSA) is 66.5 Å². The van der Waals surface area contributed by atoms with Gasteiger partial charge in [0.25, 0.3) is 0 Å². The van der Waals surface area contributed by atoms with Gasteiger partial charge in [0.15, 0.2) is 11.1 Å². The van der Waals surface area contributed by atoms with Crippen LogP contribution in [0.1, 0.15) is 19.4 Å². The van der Waals surface area contributed by atoms with E-state index in [4.69, 9.17) is 18.0 Å². The van der Waals surface area contributed by atoms with Gasteiger partial charge in [-0.2, -0.15) is 4.99 Å². The van der Waals surface area contributed by atoms with Crippen LogP contribution in [-0.2, 0) is 6.42 Å². The van der Waals surface area contributed by atoms with Gasteiger partial charge in [0, 0.05) is 32.0 Å². The normalized spacial score (nSPS) is 11.2. The largest absolute Gasteiger partial charge is 0.369 e. The molecule has 0 radical (unpaired) electrons. The Morgan fingerprint density at radius 3 is 2.58 bits per heavy atom. The van der Waals surface area contributed by atoms with Crippen molar-refractivity contribution < 1.29 is 0 Å². The van der Waals surface area contributed by atoms with E-state index >= 15 is 0 Å². The van der Waals surface area contributed by atoms with E-state index in [2.05, 4.69) is 15.3 Å². The van der Waals surface area contributed by atoms with Crippen molar-refractivity contribution in [2.75, 3.05) is 19.6 Å². The van der Waals surface area contributed by atoms with Crippen LogP contribution in [0.25, 0.3) is 0 Å². The number of nitrogens with zero attached hydrogens (tertiary/aromatic N) is 3. The minimum atomic E-state index is 0.429. The summed E-state index contributed by atoms with van der Waals surface area (Å²) in [7, 11) is 0. The summed E-state index contributed by atoms with van der Waals surface area (Å²) in [6, 6.07) is 3.97. The molecule has 0 saturated heterocycles. The highest BCUT2D eigenvalue weighted by Gasteiger charge is 2.03. The molecule has 0 aliphatic carbocycles. The predicted molar refractivity (Wildman–Crippen MR) is 83.1 cm³/mol. The molecular formula is C13H21N5S. The third-order valence-corrected chi connectivity index (χ3v) is 2.98. The average Bonchev–Trinajstić information content (AvgIpc) is 2.41. The SMILES string of the molecule is CCN(CC)C(N)=NC(=S)NCCc1ccncc1. The van der Waals surface area contributed by atoms with Crippen molar-refractivity contribution in [2.24, 2.45) is 10.7 Å². The molecule has 19 heavy (non-hydrogen) atoms. The summed E-state index contributed by atoms with van der Waals surface area (Å²) < 4.78 is 0. The molecule has 6 heteroatoms. The first-order valence-electron chi connectivity index (χ1n) is 6.43. The Balaban J connectivity index is 2.37. The van der Waals surface area contributed by atoms with Crippen molar-refractivity contribution in [3.63, 3.8) is 0 Å². The van der Waals surface area contributed by atoms with Gasteiger partial charge >= 0.3 is 0 Å². The van der Waals surface area contributed by atoms with Crippen LogP contribution in [0, 0.1) is 0 Å². The molecule has 0 aliphatic heterocycles. The van der Waals surface area contributed by atoms with Gasteiger partial charge in [-0.25, -0.2) is 0 Å². The van der Waals surface area contributed by atoms with E-state index in [9.17, 15) is 0 Å². The Morgan fingerprint density at radius 2 is 2.00 bits per heavy atom. The number of nitrogens with one attached hydrogen (secondary N) is 1. The first-order chi connectivity index (χ1) is 9.17. The van der Waals surface area contributed by atoms with E-state index in [1.54, 1.807) is 12.4 Å². The van der Waals surface area contributed by atoms with Crippen LogP contribution in [0.4, 0.5) is 0 Å². The summed E-state index contributed by atoms with van der Waals surface area (Å²) in [6.07, 6.45) is 4.44. The highest BCUT2D eigenvalue weighted by atomic mass is 32.1. The molecule has 0 fully saturated rings. The lowest BCUT2D eigenvalue weighted by molar-refractivity contribution is 0.461. The van der Waals surface area contributed by atoms with Crippen molar-refractivity contribution in [3.05, 3.63) is 30.1 Å². The minimum Gasteiger partial charge on any atom is -0.369 e. The maximum absolute atomic E-state index is 5.86. The van der Waals surface area contributed by atoms with Crippen LogP contribution in [0.3, 0.4) is 0 Å². The number of aromatic nitrogens is 1. The van der Waals surface area contributed by atoms with Crippen LogP contribution in [0.15, 0.2) is 29.5 Å². The third-order valence-electron chi connectivity index (χ3n) is 2.74. The molecule has 0 atom stereocenters. The number of nitrogens with two attached hydrogens (primary N) is 1. The van der Waals surface area contributed by atoms with Crippen molar-refractivity contribution in [3.8, 4) is 0 Å². The molecule has 104 valence electrons. The van der Waals surface area contributed by atoms with Gasteiger partial charge < -0.3 is 16.0 Å². The number of aliphatic imine (C=N–C) groups is 1. The number of pyridine rings is 1. The predicted octanol–water partition coefficient (Wildman–Crippen LogP) is 1.16. The standard InChI is InChI=1S/C13H21N5S/c1-3-18(4-2)12(14)17-13(19)16-10-7-11-5-8-15-9-6-11/h5-6,8-9H,3-4,7,10H2,1-2H3,(H3,14,16,17,19). The minimum absolute atomic E-state index is 0.429. The van der Waals surface area contributed by atoms with Gasteiger partial charge in [-0.15, -0.1) is 0 Å². The van der Waals surface area contributed by atoms with Crippen LogP contribution in [-0.4, -0.2) is 40.6 Å². The lowest BCUT2D eigenvalue weighted by Gasteiger charge is -2.19. The lowest BCUT2D eigenvalue weighted by Crippen LogP contribution is -2.38. The van der Waals surface area contributed by atoms with Crippen molar-refractivity contribution in [2.45, 2.75) is 20.3 Å². The summed E-state index contributed by atoms with van der Waals surface area (Å²) in [5, 5.41) is 3.51. The molecule has 0 spiro atoms. The molecule has 0 bridgehead atoms. The van der Waals surface area contributed by atoms with Gasteiger partial charge in [-0.1, -0.05) is 0 Å². The Bertz CT molecular complexity index is 414. The molecule has 0 aliphatic rings. The van der Waals surface area contributed by atoms with Crippen molar-refractivity contribution in [1.29, 1.82) is 0 Å². The molecule has 0 aromatic carbocycles. The molecule has 3 N–H and O–H groups in total. The third kappa shape index (κ3) is 5.65. The van der Waals surface area contributed by atoms with Gasteiger partial charge in [0.1, 0.15) is 0 Å². The quantitative estimate of drug-likeness (QED) is 0.481. The zero-order valence-corrected chi connectivity index (χ0v) is 12.3. The van der Waals surface area contributed by atoms with E-state index in [1.165, 1.54) is 5.56 Å². The van der Waals surface area contributed by atoms with Crippen molar-refractivity contribution >= 4 is 23.3 Å². The molecule has 1 rings (SSSR count). The zero-order valence-electron chi connectivity index (χ0n) is 11.5. The summed E-state index contributed by atoms with van der Waals surface area (Å²) in [5.74, 6) is 0.464. The van der Waals surface area contributed by atoms with Gasteiger partial charge in [-0.3, -0.25) is 4.98 Å². The molecule has 1 aromatic rings. The van der Waals surface area contributed by atoms with E-state index in [-0.39, 0.29) is 0 Å². The monoisotopic (exact) mass is 279 g/mol. The molecular weight excluding hydrogens is 258 g/mol. The second-order valence-corrected chi connectivity index (χ2v) is 4.37. The van der Waals surface area contributed by atoms with Crippen LogP contribution in [0.5, 0.6) is 0 Å². The highest BCUT2D eigenvalue weighted by molar-refractivity contribution is 7.80. The number of guanidine groups is 1. The second kappa shape index (κ2) is 8.42. The number of thiocarbonyl (C=S) groups is 1. The number of rotatable bonds is 5. The second-order valence-electron chi connectivity index (χ2n) is 3.98. The lowest BCUT2D eigenvalue weighted by atomic mass is 10.2. The van der Waals surface area contributed by atoms with Crippen LogP contribution in [0.2, 0.25) is 0 Å². The Morgan fingerprint density at radius 1 is 1.37 bits per heavy atom. The summed E-state index contributed by atoms with van der Waals surface area (Å²) in [4.78, 5) is 10.1. The first-order valence-corrected chi connectivity index (χ1v) is 6.84. The fourth-order valence-electron chi connectivity index (χ4n) is 1.63. The maximum Gasteiger partial charge on any atom is 0.198 e. The first kappa shape index (κ1) is 15.4. The fourth-order valence-corrected chi connectivity index (χ4v) is 1.82. The Hall–Kier alpha value is -1.69. The zero-order chi connectivity index (χ0) is 14.1. The van der Waals surface area contributed by atoms with E-state index in [0.29, 0.717) is 11.1 Å². The number of hydrogen-bond donors (Lipinski definition) is 2. The molecule has 0 amide bonds. The van der Waals surface area contributed by atoms with Gasteiger partial charge in [0.05, 0.1) is 0 Å². The highest BCUT2D eigenvalue weighted by Crippen LogP contribution is 1.96. The van der Waals surface area contributed by atoms with E-state index < -0.39 is 0 Å². The average molecular weight is 279 g/mol. The Labute approximate surface area is 119 Å². The van der Waals surface area contributed by atoms with Crippen LogP contribution >= 0.6 is 12.2 Å². The summed E-state index contributed by atoms with van der Waals surface area (Å²) in [6.45, 7) is 6.45. The Kier molecular flexibility index (Phi) is 6.81. The summed E-state index contributed by atoms with van der Waals surface area (Å²) in [5.41, 5.74) is 7.08. The molecule has 5 nitrogen and oxygen atoms in total. The number of hydrogen-bond acceptors (Lipinski definition) is 2. The molecule has 0 unspecified atom stereocenters. The van der Waals surface area contributed by atoms with Crippen molar-refractivity contribution in [1.82, 2.24) is 15.2 Å². The smallest absolute Gasteiger partial charge is 0.198 e. The van der Waals surface area contributed by atoms with Gasteiger partial charge in [-0.05, 0) is 50.2 Å². The van der Waals surface area contributed by atoms with E-state index in [0.717, 1.165) is 26.1 Å². The molecule has 1 heterocycles. The van der Waals surface area contributed by atoms with Crippen LogP contribution < -0.4 is 11.1 Å². The maximum atomic E-state index is 5.86. The summed E-state index contributed by atoms with van der Waals surface area (Å²) >= 11 is 5.14. The molecule has 0 saturated carbocycles. The van der Waals surface area contributed by atoms with Gasteiger partial charge in [0.2, 0.25) is 0 Å². The fraction of sp³-hybridized carbons (Fsp3) is 0.462.